The van der Waals surface area contributed by atoms with Gasteiger partial charge in [-0.05, 0) is 39.2 Å². The summed E-state index contributed by atoms with van der Waals surface area (Å²) in [6.45, 7) is 9.28. The van der Waals surface area contributed by atoms with Crippen LogP contribution in [0.2, 0.25) is 0 Å². The first-order valence-corrected chi connectivity index (χ1v) is 6.27. The van der Waals surface area contributed by atoms with Gasteiger partial charge in [-0.3, -0.25) is 4.79 Å². The Morgan fingerprint density at radius 1 is 1.56 bits per heavy atom. The van der Waals surface area contributed by atoms with Crippen molar-refractivity contribution in [2.24, 2.45) is 11.7 Å². The number of rotatable bonds is 4. The number of nitrogens with one attached hydrogen (secondary N) is 1. The average molecular weight is 227 g/mol. The molecule has 0 spiro atoms. The van der Waals surface area contributed by atoms with Crippen molar-refractivity contribution < 1.29 is 4.79 Å². The van der Waals surface area contributed by atoms with Crippen LogP contribution in [0.5, 0.6) is 0 Å². The summed E-state index contributed by atoms with van der Waals surface area (Å²) in [6, 6.07) is -0.230. The van der Waals surface area contributed by atoms with Crippen LogP contribution in [0.4, 0.5) is 0 Å². The molecule has 0 bridgehead atoms. The Hall–Kier alpha value is -0.610. The molecule has 0 aromatic heterocycles. The third kappa shape index (κ3) is 4.49. The molecule has 1 rings (SSSR count). The van der Waals surface area contributed by atoms with Crippen LogP contribution >= 0.6 is 0 Å². The molecule has 1 aliphatic heterocycles. The maximum atomic E-state index is 11.4. The molecule has 1 aliphatic rings. The Bertz CT molecular complexity index is 230. The Morgan fingerprint density at radius 2 is 2.25 bits per heavy atom. The molecule has 1 fully saturated rings. The second-order valence-corrected chi connectivity index (χ2v) is 5.21. The molecule has 16 heavy (non-hydrogen) atoms. The van der Waals surface area contributed by atoms with Crippen LogP contribution < -0.4 is 11.1 Å². The summed E-state index contributed by atoms with van der Waals surface area (Å²) in [5.74, 6) is 0.725. The zero-order chi connectivity index (χ0) is 12.1. The van der Waals surface area contributed by atoms with Gasteiger partial charge in [-0.15, -0.1) is 0 Å². The predicted molar refractivity (Wildman–Crippen MR) is 66.1 cm³/mol. The van der Waals surface area contributed by atoms with Gasteiger partial charge < -0.3 is 16.0 Å². The molecule has 0 aromatic rings. The zero-order valence-corrected chi connectivity index (χ0v) is 10.7. The Balaban J connectivity index is 2.27. The predicted octanol–water partition coefficient (Wildman–Crippen LogP) is 0.570. The first kappa shape index (κ1) is 13.5. The van der Waals surface area contributed by atoms with Crippen molar-refractivity contribution in [2.45, 2.75) is 45.7 Å². The van der Waals surface area contributed by atoms with E-state index in [0.29, 0.717) is 0 Å². The molecule has 4 heteroatoms. The molecule has 1 heterocycles. The highest BCUT2D eigenvalue weighted by Gasteiger charge is 2.19. The van der Waals surface area contributed by atoms with Gasteiger partial charge in [0.2, 0.25) is 5.91 Å². The third-order valence-corrected chi connectivity index (χ3v) is 3.08. The highest BCUT2D eigenvalue weighted by molar-refractivity contribution is 5.81. The van der Waals surface area contributed by atoms with Crippen LogP contribution in [0.15, 0.2) is 0 Å². The molecule has 1 saturated heterocycles. The molecule has 94 valence electrons. The van der Waals surface area contributed by atoms with Gasteiger partial charge in [-0.1, -0.05) is 6.92 Å². The van der Waals surface area contributed by atoms with Crippen molar-refractivity contribution in [3.8, 4) is 0 Å². The van der Waals surface area contributed by atoms with E-state index in [4.69, 9.17) is 5.73 Å². The summed E-state index contributed by atoms with van der Waals surface area (Å²) < 4.78 is 0. The van der Waals surface area contributed by atoms with Gasteiger partial charge in [0.1, 0.15) is 0 Å². The minimum atomic E-state index is -0.414. The molecule has 0 saturated carbocycles. The van der Waals surface area contributed by atoms with E-state index in [2.05, 4.69) is 17.1 Å². The van der Waals surface area contributed by atoms with Crippen LogP contribution in [0, 0.1) is 5.92 Å². The minimum Gasteiger partial charge on any atom is -0.351 e. The van der Waals surface area contributed by atoms with Gasteiger partial charge in [0.25, 0.3) is 0 Å². The summed E-state index contributed by atoms with van der Waals surface area (Å²) in [5, 5.41) is 2.94. The van der Waals surface area contributed by atoms with E-state index >= 15 is 0 Å². The summed E-state index contributed by atoms with van der Waals surface area (Å²) in [6.07, 6.45) is 2.60. The highest BCUT2D eigenvalue weighted by Crippen LogP contribution is 2.15. The van der Waals surface area contributed by atoms with E-state index in [1.165, 1.54) is 12.8 Å². The number of nitrogens with two attached hydrogens (primary N) is 1. The molecule has 0 radical (unpaired) electrons. The molecule has 1 amide bonds. The minimum absolute atomic E-state index is 0.0578. The highest BCUT2D eigenvalue weighted by atomic mass is 16.2. The summed E-state index contributed by atoms with van der Waals surface area (Å²) in [4.78, 5) is 13.8. The Kier molecular flexibility index (Phi) is 5.22. The Labute approximate surface area is 98.6 Å². The van der Waals surface area contributed by atoms with Gasteiger partial charge in [0, 0.05) is 19.1 Å². The lowest BCUT2D eigenvalue weighted by Gasteiger charge is -2.33. The number of hydrogen-bond acceptors (Lipinski definition) is 3. The maximum absolute atomic E-state index is 11.4. The molecule has 3 N–H and O–H groups in total. The lowest BCUT2D eigenvalue weighted by molar-refractivity contribution is -0.122. The SMILES string of the molecule is CC1CCCN(CC(C)NC(=O)[C@@H](C)N)C1. The molecule has 4 nitrogen and oxygen atoms in total. The largest absolute Gasteiger partial charge is 0.351 e. The molecule has 0 aliphatic carbocycles. The van der Waals surface area contributed by atoms with E-state index in [1.807, 2.05) is 6.92 Å². The van der Waals surface area contributed by atoms with Crippen LogP contribution in [-0.2, 0) is 4.79 Å². The van der Waals surface area contributed by atoms with Crippen molar-refractivity contribution >= 4 is 5.91 Å². The van der Waals surface area contributed by atoms with Crippen molar-refractivity contribution in [1.29, 1.82) is 0 Å². The molecular formula is C12H25N3O. The standard InChI is InChI=1S/C12H25N3O/c1-9-5-4-6-15(7-9)8-10(2)14-12(16)11(3)13/h9-11H,4-8,13H2,1-3H3,(H,14,16)/t9?,10?,11-/m1/s1. The van der Waals surface area contributed by atoms with E-state index in [1.54, 1.807) is 6.92 Å². The number of piperidine rings is 1. The zero-order valence-electron chi connectivity index (χ0n) is 10.7. The van der Waals surface area contributed by atoms with Crippen molar-refractivity contribution in [3.05, 3.63) is 0 Å². The van der Waals surface area contributed by atoms with Crippen LogP contribution in [-0.4, -0.2) is 42.5 Å². The lowest BCUT2D eigenvalue weighted by atomic mass is 10.00. The molecule has 3 atom stereocenters. The maximum Gasteiger partial charge on any atom is 0.236 e. The third-order valence-electron chi connectivity index (χ3n) is 3.08. The monoisotopic (exact) mass is 227 g/mol. The Morgan fingerprint density at radius 3 is 2.81 bits per heavy atom. The van der Waals surface area contributed by atoms with Crippen LogP contribution in [0.25, 0.3) is 0 Å². The van der Waals surface area contributed by atoms with Crippen molar-refractivity contribution in [2.75, 3.05) is 19.6 Å². The topological polar surface area (TPSA) is 58.4 Å². The number of hydrogen-bond donors (Lipinski definition) is 2. The number of amides is 1. The van der Waals surface area contributed by atoms with E-state index in [-0.39, 0.29) is 11.9 Å². The second kappa shape index (κ2) is 6.21. The molecule has 2 unspecified atom stereocenters. The number of carbonyl (C=O) groups excluding carboxylic acids is 1. The van der Waals surface area contributed by atoms with Gasteiger partial charge >= 0.3 is 0 Å². The fourth-order valence-corrected chi connectivity index (χ4v) is 2.26. The number of nitrogens with zero attached hydrogens (tertiary/aromatic N) is 1. The van der Waals surface area contributed by atoms with E-state index < -0.39 is 6.04 Å². The molecule has 0 aromatic carbocycles. The smallest absolute Gasteiger partial charge is 0.236 e. The fraction of sp³-hybridized carbons (Fsp3) is 0.917. The summed E-state index contributed by atoms with van der Waals surface area (Å²) in [5.41, 5.74) is 5.51. The van der Waals surface area contributed by atoms with Gasteiger partial charge in [-0.25, -0.2) is 0 Å². The second-order valence-electron chi connectivity index (χ2n) is 5.21. The van der Waals surface area contributed by atoms with Crippen molar-refractivity contribution in [3.63, 3.8) is 0 Å². The van der Waals surface area contributed by atoms with E-state index in [0.717, 1.165) is 25.6 Å². The number of likely N-dealkylation sites (tertiary alicyclic amines) is 1. The quantitative estimate of drug-likeness (QED) is 0.738. The molecular weight excluding hydrogens is 202 g/mol. The lowest BCUT2D eigenvalue weighted by Crippen LogP contribution is -2.48. The van der Waals surface area contributed by atoms with E-state index in [9.17, 15) is 4.79 Å². The van der Waals surface area contributed by atoms with Crippen LogP contribution in [0.3, 0.4) is 0 Å². The van der Waals surface area contributed by atoms with Gasteiger partial charge in [0.15, 0.2) is 0 Å². The van der Waals surface area contributed by atoms with Crippen LogP contribution in [0.1, 0.15) is 33.6 Å². The first-order valence-electron chi connectivity index (χ1n) is 6.27. The average Bonchev–Trinajstić information content (AvgIpc) is 2.16. The van der Waals surface area contributed by atoms with Gasteiger partial charge in [-0.2, -0.15) is 0 Å². The fourth-order valence-electron chi connectivity index (χ4n) is 2.26. The summed E-state index contributed by atoms with van der Waals surface area (Å²) in [7, 11) is 0. The van der Waals surface area contributed by atoms with Crippen molar-refractivity contribution in [1.82, 2.24) is 10.2 Å². The first-order chi connectivity index (χ1) is 7.49. The number of carbonyl (C=O) groups is 1. The summed E-state index contributed by atoms with van der Waals surface area (Å²) >= 11 is 0. The normalized spacial score (nSPS) is 26.1. The van der Waals surface area contributed by atoms with Gasteiger partial charge in [0.05, 0.1) is 6.04 Å².